The molecule has 6 rings (SSSR count). The number of hydrogen-bond donors (Lipinski definition) is 0. The number of carbonyl (C=O) groups excluding carboxylic acids is 4. The third-order valence-corrected chi connectivity index (χ3v) is 10.6. The van der Waals surface area contributed by atoms with E-state index in [9.17, 15) is 19.2 Å². The molecule has 0 saturated carbocycles. The molecule has 0 fully saturated rings. The summed E-state index contributed by atoms with van der Waals surface area (Å²) in [7, 11) is 0. The van der Waals surface area contributed by atoms with Crippen LogP contribution >= 0.6 is 92.8 Å². The molecule has 0 spiro atoms. The maximum Gasteiger partial charge on any atom is 0.267 e. The minimum absolute atomic E-state index is 0.0341. The fraction of sp³-hybridized carbons (Fsp3) is 0.0741. The van der Waals surface area contributed by atoms with Gasteiger partial charge in [0.25, 0.3) is 11.8 Å². The van der Waals surface area contributed by atoms with Gasteiger partial charge in [-0.2, -0.15) is 0 Å². The lowest BCUT2D eigenvalue weighted by molar-refractivity contribution is 0.0882. The maximum atomic E-state index is 13.6. The van der Waals surface area contributed by atoms with Crippen LogP contribution in [0.1, 0.15) is 58.6 Å². The summed E-state index contributed by atoms with van der Waals surface area (Å²) >= 11 is 49.8. The van der Waals surface area contributed by atoms with E-state index in [1.54, 1.807) is 25.1 Å². The highest BCUT2D eigenvalue weighted by atomic mass is 35.5. The van der Waals surface area contributed by atoms with Crippen LogP contribution in [0.15, 0.2) is 24.3 Å². The van der Waals surface area contributed by atoms with E-state index >= 15 is 0 Å². The van der Waals surface area contributed by atoms with Gasteiger partial charge in [0.1, 0.15) is 5.92 Å². The summed E-state index contributed by atoms with van der Waals surface area (Å²) in [6.45, 7) is 1.72. The van der Waals surface area contributed by atoms with Gasteiger partial charge in [0.15, 0.2) is 11.6 Å². The number of carbonyl (C=O) groups is 4. The SMILES string of the molecule is Cc1cc(C2C(=O)c3c(Cl)c(Cl)c(Cl)c(Cl)c3C2=O)nc2c(N3C(=O)c4c(Cl)c(Cl)c(Cl)c(Cl)c4C3=O)cccc12. The average molecular weight is 708 g/mol. The van der Waals surface area contributed by atoms with Gasteiger partial charge < -0.3 is 0 Å². The van der Waals surface area contributed by atoms with Crippen molar-refractivity contribution in [1.82, 2.24) is 4.98 Å². The lowest BCUT2D eigenvalue weighted by Crippen LogP contribution is -2.30. The van der Waals surface area contributed by atoms with Crippen molar-refractivity contribution in [3.05, 3.63) is 98.0 Å². The highest BCUT2D eigenvalue weighted by Gasteiger charge is 2.46. The summed E-state index contributed by atoms with van der Waals surface area (Å²) < 4.78 is 0. The van der Waals surface area contributed by atoms with Crippen LogP contribution in [0.3, 0.4) is 0 Å². The second kappa shape index (κ2) is 9.97. The number of benzene rings is 3. The zero-order chi connectivity index (χ0) is 29.8. The number of hydrogen-bond acceptors (Lipinski definition) is 5. The number of para-hydroxylation sites is 1. The zero-order valence-electron chi connectivity index (χ0n) is 19.9. The molecule has 0 unspecified atom stereocenters. The van der Waals surface area contributed by atoms with Crippen LogP contribution < -0.4 is 4.90 Å². The molecule has 41 heavy (non-hydrogen) atoms. The van der Waals surface area contributed by atoms with Gasteiger partial charge >= 0.3 is 0 Å². The van der Waals surface area contributed by atoms with Crippen LogP contribution in [0.2, 0.25) is 40.2 Å². The Morgan fingerprint density at radius 3 is 1.54 bits per heavy atom. The number of Topliss-reactive ketones (excluding diaryl/α,β-unsaturated/α-hetero) is 2. The molecule has 0 atom stereocenters. The Labute approximate surface area is 270 Å². The zero-order valence-corrected chi connectivity index (χ0v) is 26.0. The van der Waals surface area contributed by atoms with Crippen LogP contribution in [0.25, 0.3) is 10.9 Å². The first-order valence-corrected chi connectivity index (χ1v) is 14.4. The van der Waals surface area contributed by atoms with Crippen molar-refractivity contribution in [2.45, 2.75) is 12.8 Å². The first-order chi connectivity index (χ1) is 19.3. The molecule has 0 radical (unpaired) electrons. The highest BCUT2D eigenvalue weighted by molar-refractivity contribution is 6.57. The van der Waals surface area contributed by atoms with Crippen molar-refractivity contribution in [2.24, 2.45) is 0 Å². The van der Waals surface area contributed by atoms with E-state index in [2.05, 4.69) is 4.98 Å². The Balaban J connectivity index is 1.55. The number of nitrogens with zero attached hydrogens (tertiary/aromatic N) is 2. The number of halogens is 8. The number of aryl methyl sites for hydroxylation is 1. The lowest BCUT2D eigenvalue weighted by atomic mass is 9.96. The summed E-state index contributed by atoms with van der Waals surface area (Å²) in [5, 5.41) is -0.998. The summed E-state index contributed by atoms with van der Waals surface area (Å²) in [5.41, 5.74) is 0.0785. The summed E-state index contributed by atoms with van der Waals surface area (Å²) in [6.07, 6.45) is 0. The summed E-state index contributed by atoms with van der Waals surface area (Å²) in [4.78, 5) is 59.7. The van der Waals surface area contributed by atoms with E-state index in [1.165, 1.54) is 6.07 Å². The molecular weight excluding hydrogens is 700 g/mol. The van der Waals surface area contributed by atoms with E-state index in [0.717, 1.165) is 4.90 Å². The number of fused-ring (bicyclic) bond motifs is 3. The third kappa shape index (κ3) is 3.89. The Morgan fingerprint density at radius 1 is 0.634 bits per heavy atom. The largest absolute Gasteiger partial charge is 0.293 e. The van der Waals surface area contributed by atoms with Crippen molar-refractivity contribution < 1.29 is 19.2 Å². The number of ketones is 2. The number of aromatic nitrogens is 1. The van der Waals surface area contributed by atoms with Gasteiger partial charge in [0, 0.05) is 5.39 Å². The number of amides is 2. The van der Waals surface area contributed by atoms with Crippen molar-refractivity contribution in [3.8, 4) is 0 Å². The molecule has 3 aromatic carbocycles. The molecule has 6 nitrogen and oxygen atoms in total. The Morgan fingerprint density at radius 2 is 1.07 bits per heavy atom. The van der Waals surface area contributed by atoms with Crippen molar-refractivity contribution in [1.29, 1.82) is 0 Å². The molecule has 2 heterocycles. The fourth-order valence-corrected chi connectivity index (χ4v) is 7.15. The van der Waals surface area contributed by atoms with Crippen LogP contribution in [0, 0.1) is 6.92 Å². The van der Waals surface area contributed by atoms with E-state index in [0.29, 0.717) is 10.9 Å². The van der Waals surface area contributed by atoms with Gasteiger partial charge in [0.05, 0.1) is 79.3 Å². The van der Waals surface area contributed by atoms with Gasteiger partial charge in [0.2, 0.25) is 0 Å². The van der Waals surface area contributed by atoms with E-state index in [1.807, 2.05) is 0 Å². The minimum Gasteiger partial charge on any atom is -0.293 e. The summed E-state index contributed by atoms with van der Waals surface area (Å²) in [6, 6.07) is 6.35. The first kappa shape index (κ1) is 29.0. The smallest absolute Gasteiger partial charge is 0.267 e. The van der Waals surface area contributed by atoms with E-state index in [4.69, 9.17) is 92.8 Å². The number of imide groups is 1. The quantitative estimate of drug-likeness (QED) is 0.0897. The maximum absolute atomic E-state index is 13.6. The minimum atomic E-state index is -1.44. The molecule has 1 aliphatic carbocycles. The molecule has 2 amide bonds. The third-order valence-electron chi connectivity index (χ3n) is 6.97. The second-order valence-electron chi connectivity index (χ2n) is 9.16. The lowest BCUT2D eigenvalue weighted by Gasteiger charge is -2.18. The van der Waals surface area contributed by atoms with Crippen LogP contribution in [-0.2, 0) is 0 Å². The Hall–Kier alpha value is -2.13. The number of pyridine rings is 1. The van der Waals surface area contributed by atoms with Gasteiger partial charge in [-0.05, 0) is 24.6 Å². The van der Waals surface area contributed by atoms with E-state index in [-0.39, 0.29) is 79.3 Å². The van der Waals surface area contributed by atoms with Crippen LogP contribution in [-0.4, -0.2) is 28.4 Å². The topological polar surface area (TPSA) is 84.4 Å². The fourth-order valence-electron chi connectivity index (χ4n) is 5.10. The Kier molecular flexibility index (Phi) is 7.04. The monoisotopic (exact) mass is 704 g/mol. The molecule has 2 aliphatic rings. The van der Waals surface area contributed by atoms with Crippen molar-refractivity contribution in [2.75, 3.05) is 4.90 Å². The standard InChI is InChI=1S/C27H8Cl8N2O4/c1-6-5-8(10-24(38)11-12(25(10)39)16(29)20(33)19(32)15(11)28)36-23-7(6)3-2-4-9(23)37-26(40)13-14(27(37)41)18(31)22(35)21(34)17(13)30/h2-5,10H,1H3. The molecule has 1 aliphatic heterocycles. The summed E-state index contributed by atoms with van der Waals surface area (Å²) in [5.74, 6) is -4.41. The van der Waals surface area contributed by atoms with Gasteiger partial charge in [-0.1, -0.05) is 105 Å². The van der Waals surface area contributed by atoms with Crippen molar-refractivity contribution >= 4 is 133 Å². The van der Waals surface area contributed by atoms with E-state index < -0.39 is 29.3 Å². The van der Waals surface area contributed by atoms with Crippen molar-refractivity contribution in [3.63, 3.8) is 0 Å². The highest BCUT2D eigenvalue weighted by Crippen LogP contribution is 2.49. The molecule has 4 aromatic rings. The molecule has 1 aromatic heterocycles. The predicted octanol–water partition coefficient (Wildman–Crippen LogP) is 9.73. The second-order valence-corrected chi connectivity index (χ2v) is 12.2. The molecule has 0 N–H and O–H groups in total. The molecule has 14 heteroatoms. The number of rotatable bonds is 2. The molecular formula is C27H8Cl8N2O4. The number of anilines is 1. The van der Waals surface area contributed by atoms with Gasteiger partial charge in [-0.3, -0.25) is 19.2 Å². The van der Waals surface area contributed by atoms with Crippen LogP contribution in [0.4, 0.5) is 5.69 Å². The average Bonchev–Trinajstić information content (AvgIpc) is 3.36. The normalized spacial score (nSPS) is 15.0. The van der Waals surface area contributed by atoms with Crippen LogP contribution in [0.5, 0.6) is 0 Å². The van der Waals surface area contributed by atoms with Gasteiger partial charge in [-0.25, -0.2) is 9.88 Å². The van der Waals surface area contributed by atoms with Gasteiger partial charge in [-0.15, -0.1) is 0 Å². The molecule has 0 bridgehead atoms. The predicted molar refractivity (Wildman–Crippen MR) is 162 cm³/mol. The molecule has 0 saturated heterocycles. The molecule has 206 valence electrons. The Bertz CT molecular complexity index is 1900. The first-order valence-electron chi connectivity index (χ1n) is 11.4.